The maximum Gasteiger partial charge on any atom is 0.408 e. The average Bonchev–Trinajstić information content (AvgIpc) is 2.72. The number of ether oxygens (including phenoxy) is 2. The largest absolute Gasteiger partial charge is 0.466 e. The smallest absolute Gasteiger partial charge is 0.408 e. The molecular formula is C23H32N4O6. The quantitative estimate of drug-likeness (QED) is 0.402. The topological polar surface area (TPSA) is 138 Å². The fourth-order valence-corrected chi connectivity index (χ4v) is 2.80. The Labute approximate surface area is 194 Å². The van der Waals surface area contributed by atoms with Crippen LogP contribution >= 0.6 is 0 Å². The number of nitrogens with one attached hydrogen (secondary N) is 2. The number of rotatable bonds is 10. The third kappa shape index (κ3) is 10.0. The van der Waals surface area contributed by atoms with Gasteiger partial charge in [0.2, 0.25) is 11.8 Å². The molecule has 0 aromatic heterocycles. The molecule has 0 aliphatic carbocycles. The molecule has 0 heterocycles. The summed E-state index contributed by atoms with van der Waals surface area (Å²) in [5.74, 6) is -1.67. The molecule has 10 heteroatoms. The van der Waals surface area contributed by atoms with Crippen molar-refractivity contribution in [3.05, 3.63) is 35.4 Å². The highest BCUT2D eigenvalue weighted by molar-refractivity contribution is 5.90. The van der Waals surface area contributed by atoms with Gasteiger partial charge in [-0.2, -0.15) is 5.26 Å². The number of aryl methyl sites for hydroxylation is 1. The first-order valence-corrected chi connectivity index (χ1v) is 10.6. The summed E-state index contributed by atoms with van der Waals surface area (Å²) in [5, 5.41) is 14.3. The Bertz CT molecular complexity index is 870. The molecule has 1 aromatic carbocycles. The molecule has 1 unspecified atom stereocenters. The van der Waals surface area contributed by atoms with Crippen LogP contribution in [0.4, 0.5) is 4.79 Å². The number of nitrogens with zero attached hydrogens (tertiary/aromatic N) is 2. The molecule has 0 saturated heterocycles. The van der Waals surface area contributed by atoms with Crippen molar-refractivity contribution in [1.29, 1.82) is 5.26 Å². The first-order valence-electron chi connectivity index (χ1n) is 10.6. The van der Waals surface area contributed by atoms with Crippen molar-refractivity contribution in [1.82, 2.24) is 15.5 Å². The summed E-state index contributed by atoms with van der Waals surface area (Å²) in [5.41, 5.74) is 0.683. The van der Waals surface area contributed by atoms with Crippen LogP contribution in [0, 0.1) is 18.3 Å². The van der Waals surface area contributed by atoms with Crippen LogP contribution in [0.3, 0.4) is 0 Å². The van der Waals surface area contributed by atoms with Crippen molar-refractivity contribution >= 4 is 23.9 Å². The molecular weight excluding hydrogens is 428 g/mol. The summed E-state index contributed by atoms with van der Waals surface area (Å²) in [4.78, 5) is 50.5. The monoisotopic (exact) mass is 460 g/mol. The molecule has 33 heavy (non-hydrogen) atoms. The van der Waals surface area contributed by atoms with Crippen molar-refractivity contribution in [2.24, 2.45) is 0 Å². The third-order valence-electron chi connectivity index (χ3n) is 4.23. The van der Waals surface area contributed by atoms with E-state index in [9.17, 15) is 24.4 Å². The van der Waals surface area contributed by atoms with Crippen molar-refractivity contribution in [3.8, 4) is 6.07 Å². The van der Waals surface area contributed by atoms with Crippen LogP contribution < -0.4 is 10.6 Å². The zero-order chi connectivity index (χ0) is 25.0. The number of hydrogen-bond acceptors (Lipinski definition) is 7. The van der Waals surface area contributed by atoms with Crippen molar-refractivity contribution in [3.63, 3.8) is 0 Å². The lowest BCUT2D eigenvalue weighted by Crippen LogP contribution is -2.48. The van der Waals surface area contributed by atoms with E-state index in [1.54, 1.807) is 52.0 Å². The Morgan fingerprint density at radius 1 is 1.12 bits per heavy atom. The van der Waals surface area contributed by atoms with Gasteiger partial charge in [0.25, 0.3) is 0 Å². The SMILES string of the molecule is CCOC(=O)CCNC(=O)C(c1ccc(C)cc1)N(CC#N)C(=O)CNC(=O)OC(C)(C)C. The van der Waals surface area contributed by atoms with Crippen LogP contribution in [0.1, 0.15) is 51.3 Å². The number of carbonyl (C=O) groups excluding carboxylic acids is 4. The Morgan fingerprint density at radius 2 is 1.76 bits per heavy atom. The molecule has 0 bridgehead atoms. The molecule has 180 valence electrons. The van der Waals surface area contributed by atoms with Gasteiger partial charge < -0.3 is 25.0 Å². The van der Waals surface area contributed by atoms with Gasteiger partial charge in [0, 0.05) is 6.54 Å². The van der Waals surface area contributed by atoms with E-state index in [-0.39, 0.29) is 19.6 Å². The predicted molar refractivity (Wildman–Crippen MR) is 120 cm³/mol. The van der Waals surface area contributed by atoms with E-state index in [0.29, 0.717) is 5.56 Å². The molecule has 1 aromatic rings. The fraction of sp³-hybridized carbons (Fsp3) is 0.522. The van der Waals surface area contributed by atoms with Crippen LogP contribution in [-0.2, 0) is 23.9 Å². The lowest BCUT2D eigenvalue weighted by atomic mass is 10.0. The predicted octanol–water partition coefficient (Wildman–Crippen LogP) is 1.98. The summed E-state index contributed by atoms with van der Waals surface area (Å²) in [6.45, 7) is 7.99. The van der Waals surface area contributed by atoms with Crippen molar-refractivity contribution < 1.29 is 28.7 Å². The Hall–Kier alpha value is -3.61. The number of amides is 3. The van der Waals surface area contributed by atoms with E-state index in [1.807, 2.05) is 13.0 Å². The van der Waals surface area contributed by atoms with Crippen LogP contribution in [0.5, 0.6) is 0 Å². The minimum atomic E-state index is -1.14. The number of hydrogen-bond donors (Lipinski definition) is 2. The highest BCUT2D eigenvalue weighted by Crippen LogP contribution is 2.22. The number of benzene rings is 1. The maximum absolute atomic E-state index is 13.0. The third-order valence-corrected chi connectivity index (χ3v) is 4.23. The second kappa shape index (κ2) is 13.1. The van der Waals surface area contributed by atoms with Gasteiger partial charge >= 0.3 is 12.1 Å². The van der Waals surface area contributed by atoms with E-state index >= 15 is 0 Å². The van der Waals surface area contributed by atoms with Gasteiger partial charge in [0.15, 0.2) is 0 Å². The van der Waals surface area contributed by atoms with E-state index in [1.165, 1.54) is 0 Å². The average molecular weight is 461 g/mol. The number of carbonyl (C=O) groups is 4. The second-order valence-corrected chi connectivity index (χ2v) is 8.19. The summed E-state index contributed by atoms with van der Waals surface area (Å²) in [6, 6.07) is 7.68. The van der Waals surface area contributed by atoms with E-state index in [0.717, 1.165) is 10.5 Å². The van der Waals surface area contributed by atoms with E-state index < -0.39 is 48.6 Å². The molecule has 0 spiro atoms. The number of nitriles is 1. The van der Waals surface area contributed by atoms with E-state index in [4.69, 9.17) is 9.47 Å². The maximum atomic E-state index is 13.0. The Morgan fingerprint density at radius 3 is 2.30 bits per heavy atom. The Balaban J connectivity index is 3.05. The minimum Gasteiger partial charge on any atom is -0.466 e. The summed E-state index contributed by atoms with van der Waals surface area (Å²) < 4.78 is 9.97. The van der Waals surface area contributed by atoms with Crippen LogP contribution in [-0.4, -0.2) is 60.6 Å². The zero-order valence-electron chi connectivity index (χ0n) is 19.8. The first-order chi connectivity index (χ1) is 15.5. The fourth-order valence-electron chi connectivity index (χ4n) is 2.80. The number of alkyl carbamates (subject to hydrolysis) is 1. The zero-order valence-corrected chi connectivity index (χ0v) is 19.8. The second-order valence-electron chi connectivity index (χ2n) is 8.19. The summed E-state index contributed by atoms with van der Waals surface area (Å²) in [7, 11) is 0. The molecule has 0 radical (unpaired) electrons. The highest BCUT2D eigenvalue weighted by Gasteiger charge is 2.31. The molecule has 0 aliphatic rings. The van der Waals surface area contributed by atoms with Crippen LogP contribution in [0.2, 0.25) is 0 Å². The molecule has 3 amide bonds. The molecule has 0 saturated carbocycles. The molecule has 1 rings (SSSR count). The Kier molecular flexibility index (Phi) is 10.8. The van der Waals surface area contributed by atoms with Gasteiger partial charge in [-0.1, -0.05) is 29.8 Å². The van der Waals surface area contributed by atoms with Gasteiger partial charge in [-0.25, -0.2) is 4.79 Å². The van der Waals surface area contributed by atoms with Gasteiger partial charge in [0.1, 0.15) is 24.7 Å². The lowest BCUT2D eigenvalue weighted by molar-refractivity contribution is -0.143. The van der Waals surface area contributed by atoms with Crippen LogP contribution in [0.15, 0.2) is 24.3 Å². The van der Waals surface area contributed by atoms with Gasteiger partial charge in [-0.15, -0.1) is 0 Å². The lowest BCUT2D eigenvalue weighted by Gasteiger charge is -2.29. The molecule has 2 N–H and O–H groups in total. The van der Waals surface area contributed by atoms with Crippen molar-refractivity contribution in [2.45, 2.75) is 52.7 Å². The van der Waals surface area contributed by atoms with Crippen molar-refractivity contribution in [2.75, 3.05) is 26.2 Å². The first kappa shape index (κ1) is 27.4. The van der Waals surface area contributed by atoms with Gasteiger partial charge in [0.05, 0.1) is 19.1 Å². The van der Waals surface area contributed by atoms with Gasteiger partial charge in [-0.05, 0) is 40.2 Å². The van der Waals surface area contributed by atoms with Gasteiger partial charge in [-0.3, -0.25) is 14.4 Å². The molecule has 1 atom stereocenters. The summed E-state index contributed by atoms with van der Waals surface area (Å²) >= 11 is 0. The molecule has 0 aliphatic heterocycles. The van der Waals surface area contributed by atoms with E-state index in [2.05, 4.69) is 10.6 Å². The standard InChI is InChI=1S/C23H32N4O6/c1-6-32-19(29)11-13-25-21(30)20(17-9-7-16(2)8-10-17)27(14-12-24)18(28)15-26-22(31)33-23(3,4)5/h7-10,20H,6,11,13-15H2,1-5H3,(H,25,30)(H,26,31). The molecule has 0 fully saturated rings. The summed E-state index contributed by atoms with van der Waals surface area (Å²) in [6.07, 6.45) is -0.828. The normalized spacial score (nSPS) is 11.5. The minimum absolute atomic E-state index is 0.00473. The molecule has 10 nitrogen and oxygen atoms in total. The highest BCUT2D eigenvalue weighted by atomic mass is 16.6. The van der Waals surface area contributed by atoms with Crippen LogP contribution in [0.25, 0.3) is 0 Å². The number of esters is 1.